The fraction of sp³-hybridized carbons (Fsp3) is 0.200. The zero-order valence-corrected chi connectivity index (χ0v) is 9.25. The fourth-order valence-corrected chi connectivity index (χ4v) is 1.10. The van der Waals surface area contributed by atoms with Gasteiger partial charge in [-0.3, -0.25) is 9.59 Å². The van der Waals surface area contributed by atoms with Crippen LogP contribution in [0.25, 0.3) is 0 Å². The van der Waals surface area contributed by atoms with E-state index in [1.165, 1.54) is 0 Å². The summed E-state index contributed by atoms with van der Waals surface area (Å²) in [4.78, 5) is 42.5. The summed E-state index contributed by atoms with van der Waals surface area (Å²) in [5.74, 6) is -4.66. The summed E-state index contributed by atoms with van der Waals surface area (Å²) < 4.78 is 0. The van der Waals surface area contributed by atoms with Crippen LogP contribution in [0.15, 0.2) is 23.3 Å². The molecule has 0 spiro atoms. The molecule has 0 atom stereocenters. The molecule has 0 saturated carbocycles. The number of hydrogen-bond acceptors (Lipinski definition) is 4. The lowest BCUT2D eigenvalue weighted by Crippen LogP contribution is -2.18. The number of aliphatic carboxylic acids is 2. The molecule has 8 heteroatoms. The summed E-state index contributed by atoms with van der Waals surface area (Å²) in [6.07, 6.45) is 0.816. The Hall–Kier alpha value is -2.64. The second-order valence-electron chi connectivity index (χ2n) is 3.24. The third-order valence-electron chi connectivity index (χ3n) is 1.89. The van der Waals surface area contributed by atoms with Gasteiger partial charge < -0.3 is 21.7 Å². The summed E-state index contributed by atoms with van der Waals surface area (Å²) in [6.45, 7) is 0. The Balaban J connectivity index is 4.89. The minimum absolute atomic E-state index is 0.191. The minimum Gasteiger partial charge on any atom is -0.478 e. The van der Waals surface area contributed by atoms with Gasteiger partial charge in [-0.05, 0) is 12.8 Å². The molecule has 0 aromatic heterocycles. The average molecular weight is 256 g/mol. The summed E-state index contributed by atoms with van der Waals surface area (Å²) >= 11 is 0. The predicted octanol–water partition coefficient (Wildman–Crippen LogP) is -1.24. The molecule has 0 bridgehead atoms. The minimum atomic E-state index is -1.37. The lowest BCUT2D eigenvalue weighted by molar-refractivity contribution is -0.132. The van der Waals surface area contributed by atoms with E-state index in [0.717, 1.165) is 0 Å². The van der Waals surface area contributed by atoms with Crippen molar-refractivity contribution in [1.82, 2.24) is 0 Å². The number of carbonyl (C=O) groups excluding carboxylic acids is 2. The predicted molar refractivity (Wildman–Crippen MR) is 59.1 cm³/mol. The SMILES string of the molecule is NC(=O)/C(=C\C(=O)O)CC/C(=C/C(=O)O)C(N)=O. The molecular weight excluding hydrogens is 244 g/mol. The number of nitrogens with two attached hydrogens (primary N) is 2. The highest BCUT2D eigenvalue weighted by molar-refractivity contribution is 6.00. The van der Waals surface area contributed by atoms with Gasteiger partial charge in [-0.15, -0.1) is 0 Å². The largest absolute Gasteiger partial charge is 0.478 e. The summed E-state index contributed by atoms with van der Waals surface area (Å²) in [5.41, 5.74) is 9.38. The van der Waals surface area contributed by atoms with Crippen molar-refractivity contribution < 1.29 is 29.4 Å². The second-order valence-corrected chi connectivity index (χ2v) is 3.24. The van der Waals surface area contributed by atoms with Crippen molar-refractivity contribution >= 4 is 23.8 Å². The van der Waals surface area contributed by atoms with Gasteiger partial charge in [0.1, 0.15) is 0 Å². The normalized spacial score (nSPS) is 12.0. The van der Waals surface area contributed by atoms with Crippen LogP contribution in [0.1, 0.15) is 12.8 Å². The maximum Gasteiger partial charge on any atom is 0.328 e. The van der Waals surface area contributed by atoms with Gasteiger partial charge in [-0.25, -0.2) is 9.59 Å². The Bertz CT molecular complexity index is 407. The highest BCUT2D eigenvalue weighted by Crippen LogP contribution is 2.11. The molecule has 18 heavy (non-hydrogen) atoms. The first-order valence-corrected chi connectivity index (χ1v) is 4.70. The molecule has 0 aliphatic carbocycles. The van der Waals surface area contributed by atoms with Crippen LogP contribution in [-0.2, 0) is 19.2 Å². The first-order valence-electron chi connectivity index (χ1n) is 4.70. The third kappa shape index (κ3) is 6.05. The van der Waals surface area contributed by atoms with E-state index in [-0.39, 0.29) is 24.0 Å². The molecule has 0 unspecified atom stereocenters. The van der Waals surface area contributed by atoms with Crippen molar-refractivity contribution in [3.63, 3.8) is 0 Å². The molecule has 0 fully saturated rings. The van der Waals surface area contributed by atoms with Crippen LogP contribution in [0.3, 0.4) is 0 Å². The molecule has 0 radical (unpaired) electrons. The fourth-order valence-electron chi connectivity index (χ4n) is 1.10. The van der Waals surface area contributed by atoms with Crippen molar-refractivity contribution in [2.24, 2.45) is 11.5 Å². The molecule has 0 aromatic carbocycles. The first-order chi connectivity index (χ1) is 8.23. The second kappa shape index (κ2) is 6.84. The van der Waals surface area contributed by atoms with Gasteiger partial charge in [0.2, 0.25) is 11.8 Å². The quantitative estimate of drug-likeness (QED) is 0.416. The van der Waals surface area contributed by atoms with Crippen LogP contribution in [0.2, 0.25) is 0 Å². The zero-order valence-electron chi connectivity index (χ0n) is 9.25. The first kappa shape index (κ1) is 15.4. The number of hydrogen-bond donors (Lipinski definition) is 4. The van der Waals surface area contributed by atoms with E-state index >= 15 is 0 Å². The molecule has 2 amide bonds. The molecule has 0 rings (SSSR count). The summed E-state index contributed by atoms with van der Waals surface area (Å²) in [7, 11) is 0. The molecule has 0 aliphatic heterocycles. The number of carbonyl (C=O) groups is 4. The lowest BCUT2D eigenvalue weighted by atomic mass is 10.0. The zero-order chi connectivity index (χ0) is 14.3. The Morgan fingerprint density at radius 1 is 0.778 bits per heavy atom. The van der Waals surface area contributed by atoms with Crippen LogP contribution < -0.4 is 11.5 Å². The van der Waals surface area contributed by atoms with Crippen molar-refractivity contribution in [3.8, 4) is 0 Å². The molecule has 6 N–H and O–H groups in total. The third-order valence-corrected chi connectivity index (χ3v) is 1.89. The smallest absolute Gasteiger partial charge is 0.328 e. The van der Waals surface area contributed by atoms with Crippen LogP contribution in [0, 0.1) is 0 Å². The monoisotopic (exact) mass is 256 g/mol. The highest BCUT2D eigenvalue weighted by atomic mass is 16.4. The van der Waals surface area contributed by atoms with Crippen molar-refractivity contribution in [2.75, 3.05) is 0 Å². The van der Waals surface area contributed by atoms with E-state index in [1.54, 1.807) is 0 Å². The molecule has 0 heterocycles. The van der Waals surface area contributed by atoms with Gasteiger partial charge in [0.25, 0.3) is 0 Å². The van der Waals surface area contributed by atoms with E-state index in [1.807, 2.05) is 0 Å². The van der Waals surface area contributed by atoms with Crippen LogP contribution >= 0.6 is 0 Å². The van der Waals surface area contributed by atoms with Crippen LogP contribution in [-0.4, -0.2) is 34.0 Å². The topological polar surface area (TPSA) is 161 Å². The highest BCUT2D eigenvalue weighted by Gasteiger charge is 2.12. The molecule has 0 aliphatic rings. The van der Waals surface area contributed by atoms with Gasteiger partial charge in [-0.2, -0.15) is 0 Å². The molecule has 0 saturated heterocycles. The van der Waals surface area contributed by atoms with Gasteiger partial charge in [-0.1, -0.05) is 0 Å². The standard InChI is InChI=1S/C10H12N2O6/c11-9(17)5(3-7(13)14)1-2-6(10(12)18)4-8(15)16/h3-4H,1-2H2,(H2,11,17)(H2,12,18)(H,13,14)(H,15,16)/b5-3-,6-4-. The van der Waals surface area contributed by atoms with Crippen LogP contribution in [0.4, 0.5) is 0 Å². The van der Waals surface area contributed by atoms with Gasteiger partial charge >= 0.3 is 11.9 Å². The van der Waals surface area contributed by atoms with E-state index in [4.69, 9.17) is 21.7 Å². The van der Waals surface area contributed by atoms with E-state index in [2.05, 4.69) is 0 Å². The lowest BCUT2D eigenvalue weighted by Gasteiger charge is -2.04. The number of carboxylic acids is 2. The van der Waals surface area contributed by atoms with Crippen LogP contribution in [0.5, 0.6) is 0 Å². The number of primary amides is 2. The molecule has 98 valence electrons. The Kier molecular flexibility index (Phi) is 5.84. The Morgan fingerprint density at radius 3 is 1.22 bits per heavy atom. The molecular formula is C10H12N2O6. The molecule has 0 aromatic rings. The Morgan fingerprint density at radius 2 is 1.06 bits per heavy atom. The van der Waals surface area contributed by atoms with Crippen molar-refractivity contribution in [1.29, 1.82) is 0 Å². The van der Waals surface area contributed by atoms with Crippen molar-refractivity contribution in [2.45, 2.75) is 12.8 Å². The summed E-state index contributed by atoms with van der Waals surface area (Å²) in [6, 6.07) is 0. The Labute approximate surface area is 102 Å². The van der Waals surface area contributed by atoms with Gasteiger partial charge in [0, 0.05) is 23.3 Å². The summed E-state index contributed by atoms with van der Waals surface area (Å²) in [5, 5.41) is 16.9. The molecule has 8 nitrogen and oxygen atoms in total. The number of carboxylic acid groups (broad SMARTS) is 2. The van der Waals surface area contributed by atoms with E-state index < -0.39 is 23.8 Å². The van der Waals surface area contributed by atoms with Crippen molar-refractivity contribution in [3.05, 3.63) is 23.3 Å². The number of amides is 2. The average Bonchev–Trinajstić information content (AvgIpc) is 2.20. The van der Waals surface area contributed by atoms with Gasteiger partial charge in [0.05, 0.1) is 0 Å². The van der Waals surface area contributed by atoms with Gasteiger partial charge in [0.15, 0.2) is 0 Å². The van der Waals surface area contributed by atoms with E-state index in [0.29, 0.717) is 12.2 Å². The number of rotatable bonds is 7. The van der Waals surface area contributed by atoms with E-state index in [9.17, 15) is 19.2 Å². The maximum atomic E-state index is 10.9. The maximum absolute atomic E-state index is 10.9.